The molecule has 0 amide bonds. The van der Waals surface area contributed by atoms with Crippen LogP contribution in [0.1, 0.15) is 64.5 Å². The predicted octanol–water partition coefficient (Wildman–Crippen LogP) is 3.85. The van der Waals surface area contributed by atoms with Gasteiger partial charge in [-0.25, -0.2) is 0 Å². The largest absolute Gasteiger partial charge is 0.459 e. The number of carbonyl (C=O) groups excluding carboxylic acids is 2. The van der Waals surface area contributed by atoms with Crippen molar-refractivity contribution >= 4 is 11.9 Å². The summed E-state index contributed by atoms with van der Waals surface area (Å²) in [5.41, 5.74) is 0.857. The van der Waals surface area contributed by atoms with Gasteiger partial charge in [0.1, 0.15) is 11.2 Å². The number of hydrogen-bond acceptors (Lipinski definition) is 4. The summed E-state index contributed by atoms with van der Waals surface area (Å²) in [7, 11) is 0. The van der Waals surface area contributed by atoms with Crippen LogP contribution in [0.2, 0.25) is 0 Å². The molecule has 1 aromatic carbocycles. The Morgan fingerprint density at radius 3 is 1.54 bits per heavy atom. The molecule has 0 spiro atoms. The van der Waals surface area contributed by atoms with E-state index in [1.165, 1.54) is 0 Å². The first-order valence-electron chi connectivity index (χ1n) is 9.68. The molecule has 4 nitrogen and oxygen atoms in total. The van der Waals surface area contributed by atoms with Gasteiger partial charge in [0.25, 0.3) is 0 Å². The van der Waals surface area contributed by atoms with Crippen LogP contribution in [0.25, 0.3) is 0 Å². The van der Waals surface area contributed by atoms with E-state index in [1.54, 1.807) is 0 Å². The van der Waals surface area contributed by atoms with E-state index in [9.17, 15) is 9.59 Å². The number of cyclic esters (lactones) is 2. The Balaban J connectivity index is 1.65. The molecule has 146 valence electrons. The summed E-state index contributed by atoms with van der Waals surface area (Å²) < 4.78 is 10.7. The topological polar surface area (TPSA) is 52.6 Å². The van der Waals surface area contributed by atoms with E-state index < -0.39 is 11.2 Å². The summed E-state index contributed by atoms with van der Waals surface area (Å²) in [5.74, 6) is 11.8. The summed E-state index contributed by atoms with van der Waals surface area (Å²) in [6.07, 6.45) is 2.34. The van der Waals surface area contributed by atoms with E-state index in [0.717, 1.165) is 11.1 Å². The predicted molar refractivity (Wildman–Crippen MR) is 106 cm³/mol. The molecule has 2 atom stereocenters. The monoisotopic (exact) mass is 378 g/mol. The van der Waals surface area contributed by atoms with Crippen molar-refractivity contribution in [3.63, 3.8) is 0 Å². The second-order valence-electron chi connectivity index (χ2n) is 8.72. The first-order chi connectivity index (χ1) is 13.2. The molecule has 0 radical (unpaired) electrons. The molecule has 2 fully saturated rings. The zero-order valence-electron chi connectivity index (χ0n) is 16.9. The molecule has 0 saturated carbocycles. The average molecular weight is 378 g/mol. The third-order valence-corrected chi connectivity index (χ3v) is 4.97. The highest BCUT2D eigenvalue weighted by molar-refractivity contribution is 5.76. The normalized spacial score (nSPS) is 24.4. The first kappa shape index (κ1) is 20.0. The molecule has 4 heteroatoms. The summed E-state index contributed by atoms with van der Waals surface area (Å²) in [5, 5.41) is 0. The molecule has 2 unspecified atom stereocenters. The lowest BCUT2D eigenvalue weighted by Gasteiger charge is -2.14. The van der Waals surface area contributed by atoms with Crippen molar-refractivity contribution in [3.05, 3.63) is 35.4 Å². The summed E-state index contributed by atoms with van der Waals surface area (Å²) in [6, 6.07) is 7.67. The van der Waals surface area contributed by atoms with Gasteiger partial charge in [0.15, 0.2) is 0 Å². The van der Waals surface area contributed by atoms with Gasteiger partial charge in [-0.2, -0.15) is 0 Å². The molecule has 28 heavy (non-hydrogen) atoms. The smallest absolute Gasteiger partial charge is 0.310 e. The van der Waals surface area contributed by atoms with Crippen molar-refractivity contribution in [1.29, 1.82) is 0 Å². The van der Waals surface area contributed by atoms with Crippen LogP contribution in [0.4, 0.5) is 0 Å². The number of benzene rings is 1. The van der Waals surface area contributed by atoms with Gasteiger partial charge in [0.05, 0.1) is 11.8 Å². The van der Waals surface area contributed by atoms with Gasteiger partial charge in [-0.05, 0) is 39.8 Å². The van der Waals surface area contributed by atoms with Crippen LogP contribution < -0.4 is 0 Å². The Hall–Kier alpha value is -2.72. The minimum Gasteiger partial charge on any atom is -0.459 e. The zero-order chi connectivity index (χ0) is 20.4. The van der Waals surface area contributed by atoms with E-state index in [0.29, 0.717) is 25.7 Å². The molecule has 2 heterocycles. The zero-order valence-corrected chi connectivity index (χ0v) is 16.9. The third-order valence-electron chi connectivity index (χ3n) is 4.97. The fourth-order valence-corrected chi connectivity index (χ4v) is 3.70. The number of ether oxygens (including phenoxy) is 2. The minimum atomic E-state index is -0.400. The molecule has 2 aliphatic heterocycles. The van der Waals surface area contributed by atoms with Crippen molar-refractivity contribution in [3.8, 4) is 23.7 Å². The van der Waals surface area contributed by atoms with Gasteiger partial charge in [0.2, 0.25) is 0 Å². The number of rotatable bonds is 2. The molecule has 2 aliphatic rings. The van der Waals surface area contributed by atoms with Crippen LogP contribution in [-0.4, -0.2) is 23.1 Å². The van der Waals surface area contributed by atoms with Crippen molar-refractivity contribution in [2.24, 2.45) is 11.8 Å². The van der Waals surface area contributed by atoms with Crippen molar-refractivity contribution in [2.45, 2.75) is 64.6 Å². The maximum Gasteiger partial charge on any atom is 0.310 e. The summed E-state index contributed by atoms with van der Waals surface area (Å²) in [6.45, 7) is 7.68. The van der Waals surface area contributed by atoms with E-state index >= 15 is 0 Å². The highest BCUT2D eigenvalue weighted by Crippen LogP contribution is 2.32. The maximum absolute atomic E-state index is 11.9. The SMILES string of the molecule is CC1(C)CC(CC#Cc2ccccc2C#CCC2CC(C)(C)OC2=O)C(=O)O1. The highest BCUT2D eigenvalue weighted by Gasteiger charge is 2.40. The van der Waals surface area contributed by atoms with Crippen LogP contribution in [0, 0.1) is 35.5 Å². The van der Waals surface area contributed by atoms with Gasteiger partial charge in [-0.15, -0.1) is 0 Å². The Kier molecular flexibility index (Phi) is 5.52. The lowest BCUT2D eigenvalue weighted by molar-refractivity contribution is -0.149. The standard InChI is InChI=1S/C24H26O4/c1-23(2)15-19(21(25)27-23)13-7-11-17-9-5-6-10-18(17)12-8-14-20-16-24(3,4)28-22(20)26/h5-6,9-10,19-20H,13-16H2,1-4H3. The Bertz CT molecular complexity index is 827. The quantitative estimate of drug-likeness (QED) is 0.579. The highest BCUT2D eigenvalue weighted by atomic mass is 16.6. The van der Waals surface area contributed by atoms with Crippen LogP contribution in [-0.2, 0) is 19.1 Å². The van der Waals surface area contributed by atoms with Gasteiger partial charge in [-0.3, -0.25) is 9.59 Å². The maximum atomic E-state index is 11.9. The summed E-state index contributed by atoms with van der Waals surface area (Å²) in [4.78, 5) is 23.8. The van der Waals surface area contributed by atoms with Gasteiger partial charge in [-0.1, -0.05) is 35.8 Å². The molecular formula is C24H26O4. The lowest BCUT2D eigenvalue weighted by Crippen LogP contribution is -2.17. The second-order valence-corrected chi connectivity index (χ2v) is 8.72. The van der Waals surface area contributed by atoms with E-state index in [2.05, 4.69) is 23.7 Å². The Morgan fingerprint density at radius 2 is 1.21 bits per heavy atom. The van der Waals surface area contributed by atoms with Gasteiger partial charge < -0.3 is 9.47 Å². The molecular weight excluding hydrogens is 352 g/mol. The van der Waals surface area contributed by atoms with Crippen LogP contribution in [0.15, 0.2) is 24.3 Å². The number of esters is 2. The lowest BCUT2D eigenvalue weighted by atomic mass is 9.94. The summed E-state index contributed by atoms with van der Waals surface area (Å²) >= 11 is 0. The van der Waals surface area contributed by atoms with Crippen LogP contribution in [0.5, 0.6) is 0 Å². The van der Waals surface area contributed by atoms with Crippen LogP contribution in [0.3, 0.4) is 0 Å². The molecule has 0 N–H and O–H groups in total. The molecule has 1 aromatic rings. The fourth-order valence-electron chi connectivity index (χ4n) is 3.70. The fraction of sp³-hybridized carbons (Fsp3) is 0.500. The van der Waals surface area contributed by atoms with E-state index in [4.69, 9.17) is 9.47 Å². The molecule has 2 saturated heterocycles. The first-order valence-corrected chi connectivity index (χ1v) is 9.68. The van der Waals surface area contributed by atoms with Crippen molar-refractivity contribution in [2.75, 3.05) is 0 Å². The molecule has 0 aliphatic carbocycles. The molecule has 0 bridgehead atoms. The Morgan fingerprint density at radius 1 is 0.821 bits per heavy atom. The average Bonchev–Trinajstić information content (AvgIpc) is 3.01. The van der Waals surface area contributed by atoms with Crippen LogP contribution >= 0.6 is 0 Å². The van der Waals surface area contributed by atoms with Crippen molar-refractivity contribution < 1.29 is 19.1 Å². The molecule has 0 aromatic heterocycles. The van der Waals surface area contributed by atoms with E-state index in [-0.39, 0.29) is 23.8 Å². The number of hydrogen-bond donors (Lipinski definition) is 0. The second kappa shape index (κ2) is 7.72. The van der Waals surface area contributed by atoms with Gasteiger partial charge >= 0.3 is 11.9 Å². The Labute approximate surface area is 167 Å². The van der Waals surface area contributed by atoms with Crippen molar-refractivity contribution in [1.82, 2.24) is 0 Å². The molecule has 3 rings (SSSR count). The van der Waals surface area contributed by atoms with E-state index in [1.807, 2.05) is 52.0 Å². The number of carbonyl (C=O) groups is 2. The minimum absolute atomic E-state index is 0.168. The third kappa shape index (κ3) is 4.96. The van der Waals surface area contributed by atoms with Gasteiger partial charge in [0, 0.05) is 36.8 Å².